The molecule has 5 nitrogen and oxygen atoms in total. The molecular formula is C18H25N3O2. The lowest BCUT2D eigenvalue weighted by Crippen LogP contribution is -2.52. The molecule has 2 amide bonds. The van der Waals surface area contributed by atoms with E-state index in [9.17, 15) is 9.59 Å². The lowest BCUT2D eigenvalue weighted by atomic mass is 10.1. The molecule has 2 aliphatic heterocycles. The number of hydrogen-bond donors (Lipinski definition) is 0. The summed E-state index contributed by atoms with van der Waals surface area (Å²) in [4.78, 5) is 31.4. The average molecular weight is 315 g/mol. The third-order valence-corrected chi connectivity index (χ3v) is 5.08. The molecule has 124 valence electrons. The van der Waals surface area contributed by atoms with Gasteiger partial charge >= 0.3 is 0 Å². The van der Waals surface area contributed by atoms with Gasteiger partial charge in [-0.1, -0.05) is 25.1 Å². The molecule has 0 aliphatic carbocycles. The number of aryl methyl sites for hydroxylation is 2. The second-order valence-electron chi connectivity index (χ2n) is 6.50. The van der Waals surface area contributed by atoms with Crippen molar-refractivity contribution in [2.45, 2.75) is 33.2 Å². The van der Waals surface area contributed by atoms with Crippen molar-refractivity contribution in [3.63, 3.8) is 0 Å². The Bertz CT molecular complexity index is 600. The highest BCUT2D eigenvalue weighted by Crippen LogP contribution is 2.31. The molecule has 2 fully saturated rings. The quantitative estimate of drug-likeness (QED) is 0.794. The van der Waals surface area contributed by atoms with Gasteiger partial charge in [-0.25, -0.2) is 4.90 Å². The van der Waals surface area contributed by atoms with Crippen molar-refractivity contribution in [2.24, 2.45) is 0 Å². The first kappa shape index (κ1) is 16.1. The number of rotatable bonds is 3. The molecule has 0 aromatic heterocycles. The zero-order chi connectivity index (χ0) is 16.6. The number of carbonyl (C=O) groups excluding carboxylic acids is 2. The van der Waals surface area contributed by atoms with Crippen LogP contribution in [0, 0.1) is 13.8 Å². The second-order valence-corrected chi connectivity index (χ2v) is 6.50. The Morgan fingerprint density at radius 3 is 2.22 bits per heavy atom. The summed E-state index contributed by atoms with van der Waals surface area (Å²) in [5.41, 5.74) is 2.73. The van der Waals surface area contributed by atoms with Gasteiger partial charge in [-0.3, -0.25) is 14.5 Å². The van der Waals surface area contributed by atoms with Crippen molar-refractivity contribution < 1.29 is 9.59 Å². The van der Waals surface area contributed by atoms with E-state index in [1.165, 1.54) is 4.90 Å². The van der Waals surface area contributed by atoms with Crippen LogP contribution >= 0.6 is 0 Å². The van der Waals surface area contributed by atoms with Gasteiger partial charge in [0.25, 0.3) is 5.91 Å². The van der Waals surface area contributed by atoms with Crippen molar-refractivity contribution in [3.8, 4) is 0 Å². The van der Waals surface area contributed by atoms with Crippen LogP contribution in [0.15, 0.2) is 18.2 Å². The van der Waals surface area contributed by atoms with Crippen molar-refractivity contribution in [1.29, 1.82) is 0 Å². The highest BCUT2D eigenvalue weighted by atomic mass is 16.2. The summed E-state index contributed by atoms with van der Waals surface area (Å²) in [6.45, 7) is 10.8. The summed E-state index contributed by atoms with van der Waals surface area (Å²) in [7, 11) is 0. The Morgan fingerprint density at radius 2 is 1.65 bits per heavy atom. The van der Waals surface area contributed by atoms with E-state index in [0.29, 0.717) is 6.42 Å². The van der Waals surface area contributed by atoms with Crippen molar-refractivity contribution >= 4 is 17.5 Å². The molecule has 0 radical (unpaired) electrons. The van der Waals surface area contributed by atoms with E-state index in [1.807, 2.05) is 32.0 Å². The predicted molar refractivity (Wildman–Crippen MR) is 90.5 cm³/mol. The number of para-hydroxylation sites is 1. The molecule has 3 rings (SSSR count). The Morgan fingerprint density at radius 1 is 1.04 bits per heavy atom. The van der Waals surface area contributed by atoms with Gasteiger partial charge in [0, 0.05) is 26.2 Å². The van der Waals surface area contributed by atoms with E-state index in [1.54, 1.807) is 0 Å². The lowest BCUT2D eigenvalue weighted by Gasteiger charge is -2.36. The van der Waals surface area contributed by atoms with Gasteiger partial charge in [0.15, 0.2) is 0 Å². The first-order chi connectivity index (χ1) is 11.0. The predicted octanol–water partition coefficient (Wildman–Crippen LogP) is 1.57. The molecule has 0 saturated carbocycles. The maximum absolute atomic E-state index is 12.9. The standard InChI is InChI=1S/C18H25N3O2/c1-4-19-8-10-20(11-9-19)15-12-16(22)21(18(15)23)17-13(2)6-5-7-14(17)3/h5-7,15H,4,8-12H2,1-3H3. The van der Waals surface area contributed by atoms with Gasteiger partial charge < -0.3 is 4.90 Å². The molecule has 5 heteroatoms. The number of imide groups is 1. The number of carbonyl (C=O) groups is 2. The van der Waals surface area contributed by atoms with Crippen LogP contribution in [-0.4, -0.2) is 60.4 Å². The minimum Gasteiger partial charge on any atom is -0.301 e. The number of amides is 2. The SMILES string of the molecule is CCN1CCN(C2CC(=O)N(c3c(C)cccc3C)C2=O)CC1. The maximum Gasteiger partial charge on any atom is 0.251 e. The molecule has 2 heterocycles. The highest BCUT2D eigenvalue weighted by molar-refractivity contribution is 6.23. The van der Waals surface area contributed by atoms with Crippen LogP contribution in [0.5, 0.6) is 0 Å². The molecule has 1 aromatic rings. The van der Waals surface area contributed by atoms with E-state index in [-0.39, 0.29) is 17.9 Å². The summed E-state index contributed by atoms with van der Waals surface area (Å²) >= 11 is 0. The van der Waals surface area contributed by atoms with E-state index in [0.717, 1.165) is 49.5 Å². The summed E-state index contributed by atoms with van der Waals surface area (Å²) in [6, 6.07) is 5.58. The molecular weight excluding hydrogens is 290 g/mol. The van der Waals surface area contributed by atoms with Crippen molar-refractivity contribution in [1.82, 2.24) is 9.80 Å². The average Bonchev–Trinajstić information content (AvgIpc) is 2.83. The monoisotopic (exact) mass is 315 g/mol. The summed E-state index contributed by atoms with van der Waals surface area (Å²) in [5.74, 6) is -0.132. The van der Waals surface area contributed by atoms with Gasteiger partial charge in [-0.15, -0.1) is 0 Å². The number of nitrogens with zero attached hydrogens (tertiary/aromatic N) is 3. The molecule has 1 unspecified atom stereocenters. The first-order valence-corrected chi connectivity index (χ1v) is 8.42. The fourth-order valence-corrected chi connectivity index (χ4v) is 3.69. The fourth-order valence-electron chi connectivity index (χ4n) is 3.69. The number of benzene rings is 1. The molecule has 0 bridgehead atoms. The van der Waals surface area contributed by atoms with Gasteiger partial charge in [0.1, 0.15) is 0 Å². The number of piperazine rings is 1. The van der Waals surface area contributed by atoms with E-state index >= 15 is 0 Å². The zero-order valence-corrected chi connectivity index (χ0v) is 14.2. The molecule has 0 spiro atoms. The fraction of sp³-hybridized carbons (Fsp3) is 0.556. The van der Waals surface area contributed by atoms with Crippen LogP contribution in [0.2, 0.25) is 0 Å². The Hall–Kier alpha value is -1.72. The molecule has 1 aromatic carbocycles. The van der Waals surface area contributed by atoms with Crippen LogP contribution in [0.3, 0.4) is 0 Å². The van der Waals surface area contributed by atoms with Crippen LogP contribution in [0.1, 0.15) is 24.5 Å². The van der Waals surface area contributed by atoms with Crippen molar-refractivity contribution in [3.05, 3.63) is 29.3 Å². The summed E-state index contributed by atoms with van der Waals surface area (Å²) in [5, 5.41) is 0. The normalized spacial score (nSPS) is 23.8. The third kappa shape index (κ3) is 2.91. The highest BCUT2D eigenvalue weighted by Gasteiger charge is 2.44. The minimum atomic E-state index is -0.291. The van der Waals surface area contributed by atoms with E-state index in [4.69, 9.17) is 0 Å². The lowest BCUT2D eigenvalue weighted by molar-refractivity contribution is -0.123. The van der Waals surface area contributed by atoms with Crippen LogP contribution < -0.4 is 4.90 Å². The second kappa shape index (κ2) is 6.42. The zero-order valence-electron chi connectivity index (χ0n) is 14.2. The largest absolute Gasteiger partial charge is 0.301 e. The first-order valence-electron chi connectivity index (χ1n) is 8.42. The minimum absolute atomic E-state index is 0.0580. The molecule has 0 N–H and O–H groups in total. The molecule has 2 aliphatic rings. The van der Waals surface area contributed by atoms with Gasteiger partial charge in [-0.2, -0.15) is 0 Å². The Balaban J connectivity index is 1.81. The van der Waals surface area contributed by atoms with E-state index in [2.05, 4.69) is 16.7 Å². The van der Waals surface area contributed by atoms with Crippen LogP contribution in [0.25, 0.3) is 0 Å². The van der Waals surface area contributed by atoms with E-state index < -0.39 is 0 Å². The number of likely N-dealkylation sites (N-methyl/N-ethyl adjacent to an activating group) is 1. The number of hydrogen-bond acceptors (Lipinski definition) is 4. The number of anilines is 1. The summed E-state index contributed by atoms with van der Waals surface area (Å²) < 4.78 is 0. The molecule has 2 saturated heterocycles. The van der Waals surface area contributed by atoms with Gasteiger partial charge in [0.05, 0.1) is 18.2 Å². The smallest absolute Gasteiger partial charge is 0.251 e. The topological polar surface area (TPSA) is 43.9 Å². The van der Waals surface area contributed by atoms with Gasteiger partial charge in [0.2, 0.25) is 5.91 Å². The van der Waals surface area contributed by atoms with Crippen LogP contribution in [0.4, 0.5) is 5.69 Å². The Labute approximate surface area is 137 Å². The van der Waals surface area contributed by atoms with Crippen LogP contribution in [-0.2, 0) is 9.59 Å². The molecule has 23 heavy (non-hydrogen) atoms. The van der Waals surface area contributed by atoms with Gasteiger partial charge in [-0.05, 0) is 31.5 Å². The summed E-state index contributed by atoms with van der Waals surface area (Å²) in [6.07, 6.45) is 0.304. The Kier molecular flexibility index (Phi) is 4.50. The maximum atomic E-state index is 12.9. The molecule has 1 atom stereocenters. The third-order valence-electron chi connectivity index (χ3n) is 5.08. The van der Waals surface area contributed by atoms with Crippen molar-refractivity contribution in [2.75, 3.05) is 37.6 Å².